The van der Waals surface area contributed by atoms with Crippen molar-refractivity contribution in [3.8, 4) is 16.0 Å². The quantitative estimate of drug-likeness (QED) is 0.795. The van der Waals surface area contributed by atoms with Gasteiger partial charge in [0.05, 0.1) is 4.88 Å². The highest BCUT2D eigenvalue weighted by atomic mass is 79.9. The Balaban J connectivity index is 2.50. The van der Waals surface area contributed by atoms with Crippen molar-refractivity contribution in [1.82, 2.24) is 4.98 Å². The van der Waals surface area contributed by atoms with E-state index in [1.54, 1.807) is 11.3 Å². The van der Waals surface area contributed by atoms with Crippen LogP contribution in [0, 0.1) is 11.3 Å². The Morgan fingerprint density at radius 2 is 2.38 bits per heavy atom. The average Bonchev–Trinajstić information content (AvgIpc) is 2.71. The van der Waals surface area contributed by atoms with E-state index in [-0.39, 0.29) is 0 Å². The number of halogens is 1. The Morgan fingerprint density at radius 1 is 1.54 bits per heavy atom. The molecular weight excluding hydrogens is 268 g/mol. The van der Waals surface area contributed by atoms with Crippen LogP contribution < -0.4 is 0 Å². The van der Waals surface area contributed by atoms with Gasteiger partial charge in [0.1, 0.15) is 14.9 Å². The number of aromatic nitrogens is 1. The average molecular weight is 271 g/mol. The second-order valence-electron chi connectivity index (χ2n) is 2.23. The first-order chi connectivity index (χ1) is 6.31. The van der Waals surface area contributed by atoms with Crippen molar-refractivity contribution in [3.63, 3.8) is 0 Å². The van der Waals surface area contributed by atoms with E-state index in [4.69, 9.17) is 5.26 Å². The predicted octanol–water partition coefficient (Wildman–Crippen LogP) is 3.51. The summed E-state index contributed by atoms with van der Waals surface area (Å²) in [6, 6.07) is 6.01. The molecule has 0 saturated carbocycles. The molecule has 0 aliphatic heterocycles. The summed E-state index contributed by atoms with van der Waals surface area (Å²) in [5.41, 5.74) is 0.466. The van der Waals surface area contributed by atoms with Gasteiger partial charge in [0.25, 0.3) is 0 Å². The second kappa shape index (κ2) is 3.58. The van der Waals surface area contributed by atoms with Crippen LogP contribution in [0.1, 0.15) is 5.69 Å². The molecule has 0 saturated heterocycles. The third-order valence-electron chi connectivity index (χ3n) is 1.42. The number of hydrogen-bond acceptors (Lipinski definition) is 4. The van der Waals surface area contributed by atoms with Crippen molar-refractivity contribution in [3.05, 3.63) is 27.0 Å². The van der Waals surface area contributed by atoms with E-state index in [1.807, 2.05) is 23.6 Å². The summed E-state index contributed by atoms with van der Waals surface area (Å²) in [6.07, 6.45) is 0. The number of nitriles is 1. The number of rotatable bonds is 1. The van der Waals surface area contributed by atoms with Gasteiger partial charge in [0, 0.05) is 0 Å². The molecule has 2 nitrogen and oxygen atoms in total. The maximum absolute atomic E-state index is 8.70. The molecule has 5 heteroatoms. The standard InChI is InChI=1S/C8H3BrN2S2/c9-7-5(4-10)11-8(13-7)6-2-1-3-12-6/h1-3H. The van der Waals surface area contributed by atoms with Crippen molar-refractivity contribution in [2.45, 2.75) is 0 Å². The van der Waals surface area contributed by atoms with Gasteiger partial charge >= 0.3 is 0 Å². The zero-order valence-corrected chi connectivity index (χ0v) is 9.54. The topological polar surface area (TPSA) is 36.7 Å². The van der Waals surface area contributed by atoms with Crippen molar-refractivity contribution < 1.29 is 0 Å². The van der Waals surface area contributed by atoms with Gasteiger partial charge in [-0.3, -0.25) is 0 Å². The minimum Gasteiger partial charge on any atom is -0.223 e. The summed E-state index contributed by atoms with van der Waals surface area (Å²) in [5, 5.41) is 11.6. The summed E-state index contributed by atoms with van der Waals surface area (Å²) in [5.74, 6) is 0. The monoisotopic (exact) mass is 270 g/mol. The molecule has 0 atom stereocenters. The lowest BCUT2D eigenvalue weighted by Gasteiger charge is -1.83. The molecule has 0 radical (unpaired) electrons. The summed E-state index contributed by atoms with van der Waals surface area (Å²) in [4.78, 5) is 5.30. The van der Waals surface area contributed by atoms with Crippen LogP contribution in [0.25, 0.3) is 9.88 Å². The van der Waals surface area contributed by atoms with Gasteiger partial charge < -0.3 is 0 Å². The van der Waals surface area contributed by atoms with E-state index >= 15 is 0 Å². The van der Waals surface area contributed by atoms with E-state index in [1.165, 1.54) is 11.3 Å². The lowest BCUT2D eigenvalue weighted by atomic mass is 10.5. The van der Waals surface area contributed by atoms with Crippen LogP contribution in [-0.2, 0) is 0 Å². The molecule has 0 amide bonds. The second-order valence-corrected chi connectivity index (χ2v) is 5.50. The summed E-state index contributed by atoms with van der Waals surface area (Å²) in [7, 11) is 0. The van der Waals surface area contributed by atoms with Gasteiger partial charge in [0.15, 0.2) is 5.69 Å². The van der Waals surface area contributed by atoms with Crippen LogP contribution in [0.2, 0.25) is 0 Å². The first-order valence-corrected chi connectivity index (χ1v) is 5.90. The molecule has 0 bridgehead atoms. The number of nitrogens with zero attached hydrogens (tertiary/aromatic N) is 2. The van der Waals surface area contributed by atoms with Gasteiger partial charge in [0.2, 0.25) is 0 Å². The lowest BCUT2D eigenvalue weighted by Crippen LogP contribution is -1.73. The third-order valence-corrected chi connectivity index (χ3v) is 4.17. The van der Waals surface area contributed by atoms with E-state index in [0.717, 1.165) is 13.7 Å². The molecule has 13 heavy (non-hydrogen) atoms. The zero-order chi connectivity index (χ0) is 9.26. The van der Waals surface area contributed by atoms with Crippen LogP contribution in [0.5, 0.6) is 0 Å². The molecule has 2 aromatic heterocycles. The fourth-order valence-electron chi connectivity index (χ4n) is 0.876. The molecule has 64 valence electrons. The van der Waals surface area contributed by atoms with Gasteiger partial charge in [-0.25, -0.2) is 4.98 Å². The Hall–Kier alpha value is -0.700. The van der Waals surface area contributed by atoms with Gasteiger partial charge in [-0.05, 0) is 27.4 Å². The van der Waals surface area contributed by atoms with Crippen LogP contribution in [0.4, 0.5) is 0 Å². The van der Waals surface area contributed by atoms with Crippen LogP contribution in [0.3, 0.4) is 0 Å². The van der Waals surface area contributed by atoms with Crippen molar-refractivity contribution in [2.24, 2.45) is 0 Å². The molecule has 0 aromatic carbocycles. The maximum atomic E-state index is 8.70. The van der Waals surface area contributed by atoms with Gasteiger partial charge in [-0.1, -0.05) is 6.07 Å². The molecule has 0 aliphatic carbocycles. The molecule has 0 unspecified atom stereocenters. The fourth-order valence-corrected chi connectivity index (χ4v) is 3.05. The molecule has 0 N–H and O–H groups in total. The predicted molar refractivity (Wildman–Crippen MR) is 57.8 cm³/mol. The SMILES string of the molecule is N#Cc1nc(-c2cccs2)sc1Br. The van der Waals surface area contributed by atoms with E-state index in [0.29, 0.717) is 5.69 Å². The minimum atomic E-state index is 0.466. The van der Waals surface area contributed by atoms with Crippen molar-refractivity contribution in [2.75, 3.05) is 0 Å². The molecule has 2 aromatic rings. The smallest absolute Gasteiger partial charge is 0.166 e. The Bertz CT molecular complexity index is 453. The van der Waals surface area contributed by atoms with Crippen LogP contribution in [0.15, 0.2) is 21.3 Å². The highest BCUT2D eigenvalue weighted by Crippen LogP contribution is 2.33. The number of hydrogen-bond donors (Lipinski definition) is 0. The Labute approximate surface area is 91.6 Å². The minimum absolute atomic E-state index is 0.466. The van der Waals surface area contributed by atoms with E-state index < -0.39 is 0 Å². The van der Waals surface area contributed by atoms with Crippen molar-refractivity contribution in [1.29, 1.82) is 5.26 Å². The Morgan fingerprint density at radius 3 is 2.92 bits per heavy atom. The van der Waals surface area contributed by atoms with E-state index in [2.05, 4.69) is 20.9 Å². The molecule has 0 aliphatic rings. The largest absolute Gasteiger partial charge is 0.223 e. The first-order valence-electron chi connectivity index (χ1n) is 3.41. The molecule has 0 fully saturated rings. The van der Waals surface area contributed by atoms with E-state index in [9.17, 15) is 0 Å². The molecule has 0 spiro atoms. The highest BCUT2D eigenvalue weighted by molar-refractivity contribution is 9.11. The maximum Gasteiger partial charge on any atom is 0.166 e. The number of thiophene rings is 1. The van der Waals surface area contributed by atoms with Gasteiger partial charge in [-0.2, -0.15) is 5.26 Å². The third kappa shape index (κ3) is 1.66. The number of thiazole rings is 1. The summed E-state index contributed by atoms with van der Waals surface area (Å²) >= 11 is 6.42. The highest BCUT2D eigenvalue weighted by Gasteiger charge is 2.09. The molecule has 2 heterocycles. The summed E-state index contributed by atoms with van der Waals surface area (Å²) in [6.45, 7) is 0. The van der Waals surface area contributed by atoms with Crippen molar-refractivity contribution >= 4 is 38.6 Å². The molecular formula is C8H3BrN2S2. The lowest BCUT2D eigenvalue weighted by molar-refractivity contribution is 1.33. The normalized spacial score (nSPS) is 9.85. The van der Waals surface area contributed by atoms with Gasteiger partial charge in [-0.15, -0.1) is 22.7 Å². The zero-order valence-electron chi connectivity index (χ0n) is 6.32. The molecule has 2 rings (SSSR count). The fraction of sp³-hybridized carbons (Fsp3) is 0. The van der Waals surface area contributed by atoms with Crippen LogP contribution >= 0.6 is 38.6 Å². The summed E-state index contributed by atoms with van der Waals surface area (Å²) < 4.78 is 0.804. The van der Waals surface area contributed by atoms with Crippen LogP contribution in [-0.4, -0.2) is 4.98 Å². The Kier molecular flexibility index (Phi) is 2.44. The first kappa shape index (κ1) is 8.88.